The number of benzene rings is 1. The summed E-state index contributed by atoms with van der Waals surface area (Å²) in [6.07, 6.45) is 0. The standard InChI is InChI=1S/C9H11Cl2N3O2/c1-5(4-12)13-8-2-6(10)7(11)3-9(8)14(15)16/h2-3,5,13H,4,12H2,1H3. The molecule has 0 saturated heterocycles. The van der Waals surface area contributed by atoms with Crippen molar-refractivity contribution < 1.29 is 4.92 Å². The van der Waals surface area contributed by atoms with Crippen LogP contribution in [0.25, 0.3) is 0 Å². The molecular weight excluding hydrogens is 253 g/mol. The second kappa shape index (κ2) is 5.34. The largest absolute Gasteiger partial charge is 0.376 e. The van der Waals surface area contributed by atoms with Gasteiger partial charge in [-0.15, -0.1) is 0 Å². The topological polar surface area (TPSA) is 81.2 Å². The molecule has 7 heteroatoms. The number of nitro benzene ring substituents is 1. The first-order valence-electron chi connectivity index (χ1n) is 4.55. The fourth-order valence-corrected chi connectivity index (χ4v) is 1.45. The summed E-state index contributed by atoms with van der Waals surface area (Å²) >= 11 is 11.5. The first-order valence-corrected chi connectivity index (χ1v) is 5.31. The normalized spacial score (nSPS) is 12.2. The summed E-state index contributed by atoms with van der Waals surface area (Å²) in [6, 6.07) is 2.56. The number of nitrogens with two attached hydrogens (primary N) is 1. The van der Waals surface area contributed by atoms with Crippen LogP contribution < -0.4 is 11.1 Å². The van der Waals surface area contributed by atoms with Gasteiger partial charge in [0.15, 0.2) is 0 Å². The third-order valence-electron chi connectivity index (χ3n) is 1.99. The van der Waals surface area contributed by atoms with Crippen molar-refractivity contribution in [2.45, 2.75) is 13.0 Å². The van der Waals surface area contributed by atoms with Gasteiger partial charge in [-0.1, -0.05) is 23.2 Å². The molecule has 0 aliphatic heterocycles. The summed E-state index contributed by atoms with van der Waals surface area (Å²) in [7, 11) is 0. The van der Waals surface area contributed by atoms with Crippen molar-refractivity contribution >= 4 is 34.6 Å². The Bertz CT molecular complexity index is 412. The molecule has 0 heterocycles. The lowest BCUT2D eigenvalue weighted by atomic mass is 10.2. The quantitative estimate of drug-likeness (QED) is 0.647. The van der Waals surface area contributed by atoms with Crippen LogP contribution in [0.15, 0.2) is 12.1 Å². The molecule has 88 valence electrons. The molecule has 3 N–H and O–H groups in total. The zero-order valence-electron chi connectivity index (χ0n) is 8.54. The Balaban J connectivity index is 3.14. The molecule has 0 fully saturated rings. The molecule has 1 atom stereocenters. The molecule has 0 aliphatic rings. The highest BCUT2D eigenvalue weighted by atomic mass is 35.5. The predicted octanol–water partition coefficient (Wildman–Crippen LogP) is 2.66. The third kappa shape index (κ3) is 2.98. The van der Waals surface area contributed by atoms with Gasteiger partial charge in [-0.2, -0.15) is 0 Å². The molecule has 5 nitrogen and oxygen atoms in total. The Morgan fingerprint density at radius 3 is 2.56 bits per heavy atom. The van der Waals surface area contributed by atoms with Gasteiger partial charge >= 0.3 is 0 Å². The van der Waals surface area contributed by atoms with E-state index in [9.17, 15) is 10.1 Å². The molecule has 16 heavy (non-hydrogen) atoms. The number of hydrogen-bond acceptors (Lipinski definition) is 4. The van der Waals surface area contributed by atoms with E-state index in [0.717, 1.165) is 0 Å². The molecule has 0 saturated carbocycles. The first kappa shape index (κ1) is 13.0. The molecule has 0 bridgehead atoms. The van der Waals surface area contributed by atoms with Crippen LogP contribution in [0.2, 0.25) is 10.0 Å². The maximum Gasteiger partial charge on any atom is 0.293 e. The van der Waals surface area contributed by atoms with E-state index in [0.29, 0.717) is 12.2 Å². The van der Waals surface area contributed by atoms with E-state index in [1.807, 2.05) is 6.92 Å². The summed E-state index contributed by atoms with van der Waals surface area (Å²) in [5.74, 6) is 0. The number of nitrogens with one attached hydrogen (secondary N) is 1. The SMILES string of the molecule is CC(CN)Nc1cc(Cl)c(Cl)cc1[N+](=O)[O-]. The number of anilines is 1. The molecule has 0 aromatic heterocycles. The second-order valence-corrected chi connectivity index (χ2v) is 4.14. The minimum Gasteiger partial charge on any atom is -0.376 e. The van der Waals surface area contributed by atoms with E-state index in [1.165, 1.54) is 12.1 Å². The van der Waals surface area contributed by atoms with E-state index in [4.69, 9.17) is 28.9 Å². The van der Waals surface area contributed by atoms with Crippen LogP contribution in [0.5, 0.6) is 0 Å². The van der Waals surface area contributed by atoms with E-state index in [2.05, 4.69) is 5.32 Å². The van der Waals surface area contributed by atoms with E-state index in [-0.39, 0.29) is 21.8 Å². The lowest BCUT2D eigenvalue weighted by Gasteiger charge is -2.13. The molecule has 1 aromatic carbocycles. The zero-order chi connectivity index (χ0) is 12.3. The average Bonchev–Trinajstić information content (AvgIpc) is 2.22. The lowest BCUT2D eigenvalue weighted by molar-refractivity contribution is -0.384. The van der Waals surface area contributed by atoms with Gasteiger partial charge in [-0.3, -0.25) is 10.1 Å². The van der Waals surface area contributed by atoms with Crippen LogP contribution in [-0.4, -0.2) is 17.5 Å². The van der Waals surface area contributed by atoms with Crippen LogP contribution in [0.1, 0.15) is 6.92 Å². The fraction of sp³-hybridized carbons (Fsp3) is 0.333. The summed E-state index contributed by atoms with van der Waals surface area (Å²) < 4.78 is 0. The highest BCUT2D eigenvalue weighted by Crippen LogP contribution is 2.34. The van der Waals surface area contributed by atoms with Crippen molar-refractivity contribution in [3.8, 4) is 0 Å². The predicted molar refractivity (Wildman–Crippen MR) is 65.3 cm³/mol. The van der Waals surface area contributed by atoms with Crippen molar-refractivity contribution in [3.05, 3.63) is 32.3 Å². The van der Waals surface area contributed by atoms with Crippen molar-refractivity contribution in [2.24, 2.45) is 5.73 Å². The van der Waals surface area contributed by atoms with Crippen LogP contribution in [0.3, 0.4) is 0 Å². The Hall–Kier alpha value is -1.04. The van der Waals surface area contributed by atoms with Crippen molar-refractivity contribution in [1.82, 2.24) is 0 Å². The Kier molecular flexibility index (Phi) is 4.35. The van der Waals surface area contributed by atoms with Crippen molar-refractivity contribution in [2.75, 3.05) is 11.9 Å². The summed E-state index contributed by atoms with van der Waals surface area (Å²) in [5, 5.41) is 14.1. The highest BCUT2D eigenvalue weighted by Gasteiger charge is 2.17. The molecule has 0 spiro atoms. The van der Waals surface area contributed by atoms with Gasteiger partial charge in [0.25, 0.3) is 5.69 Å². The Morgan fingerprint density at radius 1 is 1.50 bits per heavy atom. The van der Waals surface area contributed by atoms with Crippen LogP contribution >= 0.6 is 23.2 Å². The smallest absolute Gasteiger partial charge is 0.293 e. The van der Waals surface area contributed by atoms with Crippen molar-refractivity contribution in [1.29, 1.82) is 0 Å². The molecule has 1 rings (SSSR count). The number of nitro groups is 1. The molecule has 0 radical (unpaired) electrons. The first-order chi connectivity index (χ1) is 7.45. The maximum absolute atomic E-state index is 10.8. The second-order valence-electron chi connectivity index (χ2n) is 3.32. The monoisotopic (exact) mass is 263 g/mol. The lowest BCUT2D eigenvalue weighted by Crippen LogP contribution is -2.25. The van der Waals surface area contributed by atoms with Gasteiger partial charge in [0.05, 0.1) is 15.0 Å². The van der Waals surface area contributed by atoms with Gasteiger partial charge < -0.3 is 11.1 Å². The van der Waals surface area contributed by atoms with Gasteiger partial charge in [0.2, 0.25) is 0 Å². The summed E-state index contributed by atoms with van der Waals surface area (Å²) in [6.45, 7) is 2.17. The average molecular weight is 264 g/mol. The van der Waals surface area contributed by atoms with Gasteiger partial charge in [-0.25, -0.2) is 0 Å². The van der Waals surface area contributed by atoms with Crippen LogP contribution in [0, 0.1) is 10.1 Å². The minimum atomic E-state index is -0.520. The van der Waals surface area contributed by atoms with Gasteiger partial charge in [0.1, 0.15) is 5.69 Å². The van der Waals surface area contributed by atoms with E-state index < -0.39 is 4.92 Å². The third-order valence-corrected chi connectivity index (χ3v) is 2.71. The van der Waals surface area contributed by atoms with E-state index >= 15 is 0 Å². The molecule has 0 aliphatic carbocycles. The Labute approximate surface area is 103 Å². The molecule has 1 unspecified atom stereocenters. The number of hydrogen-bond donors (Lipinski definition) is 2. The molecular formula is C9H11Cl2N3O2. The van der Waals surface area contributed by atoms with Gasteiger partial charge in [-0.05, 0) is 13.0 Å². The van der Waals surface area contributed by atoms with Crippen molar-refractivity contribution in [3.63, 3.8) is 0 Å². The fourth-order valence-electron chi connectivity index (χ4n) is 1.13. The van der Waals surface area contributed by atoms with Gasteiger partial charge in [0, 0.05) is 18.7 Å². The molecule has 0 amide bonds. The summed E-state index contributed by atoms with van der Waals surface area (Å²) in [5.41, 5.74) is 5.62. The zero-order valence-corrected chi connectivity index (χ0v) is 10.0. The summed E-state index contributed by atoms with van der Waals surface area (Å²) in [4.78, 5) is 10.3. The minimum absolute atomic E-state index is 0.0871. The number of nitrogens with zero attached hydrogens (tertiary/aromatic N) is 1. The number of halogens is 2. The number of rotatable bonds is 4. The Morgan fingerprint density at radius 2 is 2.06 bits per heavy atom. The van der Waals surface area contributed by atoms with Crippen LogP contribution in [0.4, 0.5) is 11.4 Å². The van der Waals surface area contributed by atoms with E-state index in [1.54, 1.807) is 0 Å². The maximum atomic E-state index is 10.8. The molecule has 1 aromatic rings. The highest BCUT2D eigenvalue weighted by molar-refractivity contribution is 6.42. The van der Waals surface area contributed by atoms with Crippen LogP contribution in [-0.2, 0) is 0 Å².